The summed E-state index contributed by atoms with van der Waals surface area (Å²) in [7, 11) is 1.63. The number of methoxy groups -OCH3 is 1. The Morgan fingerprint density at radius 2 is 2.00 bits per heavy atom. The molecule has 0 spiro atoms. The van der Waals surface area contributed by atoms with E-state index in [9.17, 15) is 4.79 Å². The summed E-state index contributed by atoms with van der Waals surface area (Å²) >= 11 is 0. The molecule has 0 bridgehead atoms. The van der Waals surface area contributed by atoms with Gasteiger partial charge in [0.1, 0.15) is 5.75 Å². The zero-order valence-electron chi connectivity index (χ0n) is 10.0. The van der Waals surface area contributed by atoms with Crippen LogP contribution in [0.2, 0.25) is 0 Å². The van der Waals surface area contributed by atoms with Crippen molar-refractivity contribution in [2.75, 3.05) is 7.11 Å². The van der Waals surface area contributed by atoms with Crippen molar-refractivity contribution < 1.29 is 14.3 Å². The van der Waals surface area contributed by atoms with Gasteiger partial charge in [-0.2, -0.15) is 0 Å². The summed E-state index contributed by atoms with van der Waals surface area (Å²) in [5.74, 6) is 0.653. The van der Waals surface area contributed by atoms with Gasteiger partial charge >= 0.3 is 5.97 Å². The molecule has 1 aromatic rings. The first-order valence-electron chi connectivity index (χ1n) is 5.45. The Morgan fingerprint density at radius 3 is 2.62 bits per heavy atom. The Bertz CT molecular complexity index is 345. The Kier molecular flexibility index (Phi) is 4.83. The Morgan fingerprint density at radius 1 is 1.31 bits per heavy atom. The average molecular weight is 222 g/mol. The monoisotopic (exact) mass is 222 g/mol. The third-order valence-corrected chi connectivity index (χ3v) is 2.16. The molecule has 0 amide bonds. The number of para-hydroxylation sites is 1. The summed E-state index contributed by atoms with van der Waals surface area (Å²) in [6.45, 7) is 3.70. The van der Waals surface area contributed by atoms with E-state index in [4.69, 9.17) is 9.47 Å². The van der Waals surface area contributed by atoms with Crippen molar-refractivity contribution in [3.05, 3.63) is 29.8 Å². The van der Waals surface area contributed by atoms with Gasteiger partial charge < -0.3 is 9.47 Å². The minimum atomic E-state index is -0.166. The largest absolute Gasteiger partial charge is 0.496 e. The van der Waals surface area contributed by atoms with E-state index in [0.717, 1.165) is 11.3 Å². The van der Waals surface area contributed by atoms with Crippen LogP contribution in [0, 0.1) is 0 Å². The van der Waals surface area contributed by atoms with Crippen LogP contribution in [0.4, 0.5) is 0 Å². The zero-order valence-corrected chi connectivity index (χ0v) is 10.0. The van der Waals surface area contributed by atoms with E-state index in [0.29, 0.717) is 12.8 Å². The van der Waals surface area contributed by atoms with Crippen LogP contribution in [0.15, 0.2) is 24.3 Å². The molecule has 16 heavy (non-hydrogen) atoms. The quantitative estimate of drug-likeness (QED) is 0.718. The molecule has 0 saturated heterocycles. The van der Waals surface area contributed by atoms with Crippen LogP contribution in [-0.4, -0.2) is 19.2 Å². The minimum Gasteiger partial charge on any atom is -0.496 e. The predicted octanol–water partition coefficient (Wildman–Crippen LogP) is 2.58. The van der Waals surface area contributed by atoms with Crippen LogP contribution in [-0.2, 0) is 16.0 Å². The van der Waals surface area contributed by atoms with Gasteiger partial charge in [-0.25, -0.2) is 0 Å². The van der Waals surface area contributed by atoms with Crippen molar-refractivity contribution in [2.45, 2.75) is 32.8 Å². The van der Waals surface area contributed by atoms with E-state index < -0.39 is 0 Å². The van der Waals surface area contributed by atoms with Gasteiger partial charge in [0.05, 0.1) is 13.2 Å². The van der Waals surface area contributed by atoms with Gasteiger partial charge in [-0.3, -0.25) is 4.79 Å². The molecule has 88 valence electrons. The fourth-order valence-corrected chi connectivity index (χ4v) is 1.47. The fraction of sp³-hybridized carbons (Fsp3) is 0.462. The Balaban J connectivity index is 2.51. The van der Waals surface area contributed by atoms with Gasteiger partial charge in [-0.1, -0.05) is 18.2 Å². The molecule has 1 aromatic carbocycles. The summed E-state index contributed by atoms with van der Waals surface area (Å²) in [4.78, 5) is 11.4. The fourth-order valence-electron chi connectivity index (χ4n) is 1.47. The predicted molar refractivity (Wildman–Crippen MR) is 62.5 cm³/mol. The van der Waals surface area contributed by atoms with Gasteiger partial charge in [0, 0.05) is 6.42 Å². The molecule has 3 nitrogen and oxygen atoms in total. The Labute approximate surface area is 96.4 Å². The number of esters is 1. The average Bonchev–Trinajstić information content (AvgIpc) is 2.26. The lowest BCUT2D eigenvalue weighted by Gasteiger charge is -2.09. The second-order valence-electron chi connectivity index (χ2n) is 3.85. The first-order chi connectivity index (χ1) is 7.63. The highest BCUT2D eigenvalue weighted by Gasteiger charge is 2.08. The molecule has 0 N–H and O–H groups in total. The molecule has 0 heterocycles. The van der Waals surface area contributed by atoms with Crippen LogP contribution in [0.3, 0.4) is 0 Å². The SMILES string of the molecule is COc1ccccc1CCC(=O)OC(C)C. The number of rotatable bonds is 5. The van der Waals surface area contributed by atoms with Gasteiger partial charge in [0.15, 0.2) is 0 Å². The highest BCUT2D eigenvalue weighted by atomic mass is 16.5. The van der Waals surface area contributed by atoms with Crippen molar-refractivity contribution in [3.8, 4) is 5.75 Å². The normalized spacial score (nSPS) is 10.2. The van der Waals surface area contributed by atoms with E-state index in [2.05, 4.69) is 0 Å². The van der Waals surface area contributed by atoms with Gasteiger partial charge in [0.25, 0.3) is 0 Å². The highest BCUT2D eigenvalue weighted by Crippen LogP contribution is 2.18. The molecule has 0 radical (unpaired) electrons. The summed E-state index contributed by atoms with van der Waals surface area (Å²) in [5, 5.41) is 0. The van der Waals surface area contributed by atoms with Gasteiger partial charge in [-0.15, -0.1) is 0 Å². The van der Waals surface area contributed by atoms with Crippen molar-refractivity contribution in [1.82, 2.24) is 0 Å². The second-order valence-corrected chi connectivity index (χ2v) is 3.85. The van der Waals surface area contributed by atoms with Crippen LogP contribution >= 0.6 is 0 Å². The van der Waals surface area contributed by atoms with Crippen LogP contribution in [0.1, 0.15) is 25.8 Å². The maximum Gasteiger partial charge on any atom is 0.306 e. The maximum atomic E-state index is 11.4. The molecule has 0 atom stereocenters. The van der Waals surface area contributed by atoms with Crippen LogP contribution in [0.5, 0.6) is 5.75 Å². The number of ether oxygens (including phenoxy) is 2. The molecule has 0 aliphatic heterocycles. The summed E-state index contributed by atoms with van der Waals surface area (Å²) in [6, 6.07) is 7.70. The molecule has 0 saturated carbocycles. The molecule has 3 heteroatoms. The number of carbonyl (C=O) groups excluding carboxylic acids is 1. The molecule has 0 aliphatic rings. The number of benzene rings is 1. The molecular weight excluding hydrogens is 204 g/mol. The number of carbonyl (C=O) groups is 1. The highest BCUT2D eigenvalue weighted by molar-refractivity contribution is 5.70. The number of hydrogen-bond acceptors (Lipinski definition) is 3. The molecular formula is C13H18O3. The molecule has 0 aromatic heterocycles. The number of aryl methyl sites for hydroxylation is 1. The van der Waals surface area contributed by atoms with E-state index in [1.54, 1.807) is 7.11 Å². The first kappa shape index (κ1) is 12.6. The smallest absolute Gasteiger partial charge is 0.306 e. The number of hydrogen-bond donors (Lipinski definition) is 0. The Hall–Kier alpha value is -1.51. The van der Waals surface area contributed by atoms with Crippen molar-refractivity contribution in [2.24, 2.45) is 0 Å². The minimum absolute atomic E-state index is 0.0508. The molecule has 1 rings (SSSR count). The standard InChI is InChI=1S/C13H18O3/c1-10(2)16-13(14)9-8-11-6-4-5-7-12(11)15-3/h4-7,10H,8-9H2,1-3H3. The summed E-state index contributed by atoms with van der Waals surface area (Å²) in [5.41, 5.74) is 1.03. The lowest BCUT2D eigenvalue weighted by atomic mass is 10.1. The molecule has 0 aliphatic carbocycles. The van der Waals surface area contributed by atoms with Crippen molar-refractivity contribution in [3.63, 3.8) is 0 Å². The topological polar surface area (TPSA) is 35.5 Å². The first-order valence-corrected chi connectivity index (χ1v) is 5.45. The second kappa shape index (κ2) is 6.16. The lowest BCUT2D eigenvalue weighted by molar-refractivity contribution is -0.147. The van der Waals surface area contributed by atoms with E-state index in [1.807, 2.05) is 38.1 Å². The summed E-state index contributed by atoms with van der Waals surface area (Å²) in [6.07, 6.45) is 0.985. The van der Waals surface area contributed by atoms with E-state index in [-0.39, 0.29) is 12.1 Å². The van der Waals surface area contributed by atoms with E-state index in [1.165, 1.54) is 0 Å². The van der Waals surface area contributed by atoms with Gasteiger partial charge in [-0.05, 0) is 31.9 Å². The third-order valence-electron chi connectivity index (χ3n) is 2.16. The van der Waals surface area contributed by atoms with Crippen LogP contribution < -0.4 is 4.74 Å². The molecule has 0 unspecified atom stereocenters. The van der Waals surface area contributed by atoms with Crippen LogP contribution in [0.25, 0.3) is 0 Å². The molecule has 0 fully saturated rings. The zero-order chi connectivity index (χ0) is 12.0. The van der Waals surface area contributed by atoms with Crippen molar-refractivity contribution in [1.29, 1.82) is 0 Å². The third kappa shape index (κ3) is 3.93. The van der Waals surface area contributed by atoms with E-state index >= 15 is 0 Å². The van der Waals surface area contributed by atoms with Gasteiger partial charge in [0.2, 0.25) is 0 Å². The maximum absolute atomic E-state index is 11.4. The lowest BCUT2D eigenvalue weighted by Crippen LogP contribution is -2.12. The van der Waals surface area contributed by atoms with Crippen molar-refractivity contribution >= 4 is 5.97 Å². The summed E-state index contributed by atoms with van der Waals surface area (Å²) < 4.78 is 10.3.